The molecule has 1 N–H and O–H groups in total. The van der Waals surface area contributed by atoms with Gasteiger partial charge < -0.3 is 14.8 Å². The Hall–Kier alpha value is -2.60. The quantitative estimate of drug-likeness (QED) is 0.722. The molecule has 26 heavy (non-hydrogen) atoms. The zero-order valence-electron chi connectivity index (χ0n) is 14.4. The van der Waals surface area contributed by atoms with Gasteiger partial charge in [-0.15, -0.1) is 0 Å². The predicted molar refractivity (Wildman–Crippen MR) is 97.1 cm³/mol. The molecule has 0 aliphatic rings. The molecule has 0 saturated carbocycles. The van der Waals surface area contributed by atoms with E-state index < -0.39 is 18.0 Å². The molecule has 2 aromatic carbocycles. The summed E-state index contributed by atoms with van der Waals surface area (Å²) in [6.07, 6.45) is -0.371. The summed E-state index contributed by atoms with van der Waals surface area (Å²) in [6, 6.07) is 9.94. The highest BCUT2D eigenvalue weighted by Gasteiger charge is 2.20. The molecule has 5 nitrogen and oxygen atoms in total. The summed E-state index contributed by atoms with van der Waals surface area (Å²) in [5.74, 6) is -0.962. The van der Waals surface area contributed by atoms with Crippen molar-refractivity contribution in [2.75, 3.05) is 11.9 Å². The van der Waals surface area contributed by atoms with Crippen molar-refractivity contribution in [1.29, 1.82) is 0 Å². The van der Waals surface area contributed by atoms with Crippen LogP contribution in [0.25, 0.3) is 0 Å². The van der Waals surface area contributed by atoms with Crippen molar-refractivity contribution in [3.05, 3.63) is 58.9 Å². The van der Waals surface area contributed by atoms with E-state index in [-0.39, 0.29) is 23.0 Å². The fourth-order valence-electron chi connectivity index (χ4n) is 2.19. The number of amides is 1. The van der Waals surface area contributed by atoms with Crippen LogP contribution in [0.5, 0.6) is 5.75 Å². The van der Waals surface area contributed by atoms with Crippen molar-refractivity contribution in [1.82, 2.24) is 0 Å². The number of rotatable bonds is 7. The number of hydrogen-bond donors (Lipinski definition) is 1. The molecule has 0 saturated heterocycles. The Bertz CT molecular complexity index is 780. The first-order valence-electron chi connectivity index (χ1n) is 8.14. The Balaban J connectivity index is 2.10. The summed E-state index contributed by atoms with van der Waals surface area (Å²) in [5, 5.41) is 2.92. The van der Waals surface area contributed by atoms with Crippen molar-refractivity contribution in [3.8, 4) is 5.75 Å². The van der Waals surface area contributed by atoms with Crippen molar-refractivity contribution >= 4 is 29.2 Å². The lowest BCUT2D eigenvalue weighted by atomic mass is 10.2. The third-order valence-corrected chi connectivity index (χ3v) is 3.81. The molecule has 138 valence electrons. The van der Waals surface area contributed by atoms with Crippen molar-refractivity contribution in [2.24, 2.45) is 0 Å². The fourth-order valence-corrected chi connectivity index (χ4v) is 2.39. The third-order valence-electron chi connectivity index (χ3n) is 3.48. The average Bonchev–Trinajstić information content (AvgIpc) is 2.62. The van der Waals surface area contributed by atoms with Crippen molar-refractivity contribution < 1.29 is 23.5 Å². The minimum atomic E-state index is -0.776. The summed E-state index contributed by atoms with van der Waals surface area (Å²) in [5.41, 5.74) is 0.558. The molecule has 0 fully saturated rings. The van der Waals surface area contributed by atoms with Gasteiger partial charge in [0.25, 0.3) is 5.91 Å². The number of carbonyl (C=O) groups is 2. The molecular weight excluding hydrogens is 361 g/mol. The lowest BCUT2D eigenvalue weighted by Crippen LogP contribution is -2.32. The van der Waals surface area contributed by atoms with E-state index in [1.165, 1.54) is 36.4 Å². The van der Waals surface area contributed by atoms with E-state index in [0.29, 0.717) is 17.9 Å². The monoisotopic (exact) mass is 379 g/mol. The Labute approximate surface area is 156 Å². The zero-order chi connectivity index (χ0) is 19.1. The second-order valence-electron chi connectivity index (χ2n) is 5.37. The van der Waals surface area contributed by atoms with Crippen LogP contribution in [0.1, 0.15) is 30.6 Å². The van der Waals surface area contributed by atoms with Gasteiger partial charge in [-0.25, -0.2) is 9.18 Å². The van der Waals surface area contributed by atoms with Gasteiger partial charge >= 0.3 is 5.97 Å². The highest BCUT2D eigenvalue weighted by molar-refractivity contribution is 6.33. The van der Waals surface area contributed by atoms with Crippen LogP contribution in [0, 0.1) is 5.82 Å². The van der Waals surface area contributed by atoms with Crippen LogP contribution >= 0.6 is 11.6 Å². The molecule has 0 aliphatic carbocycles. The van der Waals surface area contributed by atoms with Crippen LogP contribution in [-0.2, 0) is 9.53 Å². The summed E-state index contributed by atoms with van der Waals surface area (Å²) < 4.78 is 23.5. The van der Waals surface area contributed by atoms with Gasteiger partial charge in [0.1, 0.15) is 11.6 Å². The van der Waals surface area contributed by atoms with E-state index in [2.05, 4.69) is 5.32 Å². The van der Waals surface area contributed by atoms with Gasteiger partial charge in [0, 0.05) is 5.69 Å². The standard InChI is InChI=1S/C19H19ClFNO4/c1-3-17(26-14-8-5-12(21)6-9-14)18(23)22-13-7-10-16(20)15(11-13)19(24)25-4-2/h5-11,17H,3-4H2,1-2H3,(H,22,23)/t17-/m1/s1. The second kappa shape index (κ2) is 9.20. The molecule has 1 atom stereocenters. The van der Waals surface area contributed by atoms with Crippen LogP contribution in [0.3, 0.4) is 0 Å². The maximum Gasteiger partial charge on any atom is 0.339 e. The number of halogens is 2. The van der Waals surface area contributed by atoms with Crippen LogP contribution in [0.15, 0.2) is 42.5 Å². The van der Waals surface area contributed by atoms with Gasteiger partial charge in [-0.05, 0) is 55.8 Å². The molecule has 0 aliphatic heterocycles. The number of ether oxygens (including phenoxy) is 2. The molecule has 2 rings (SSSR count). The Morgan fingerprint density at radius 2 is 1.85 bits per heavy atom. The van der Waals surface area contributed by atoms with E-state index in [0.717, 1.165) is 0 Å². The van der Waals surface area contributed by atoms with Crippen molar-refractivity contribution in [3.63, 3.8) is 0 Å². The normalized spacial score (nSPS) is 11.5. The van der Waals surface area contributed by atoms with Crippen LogP contribution in [0.2, 0.25) is 5.02 Å². The SMILES string of the molecule is CCOC(=O)c1cc(NC(=O)[C@@H](CC)Oc2ccc(F)cc2)ccc1Cl. The van der Waals surface area contributed by atoms with E-state index in [1.807, 2.05) is 0 Å². The Kier molecular flexibility index (Phi) is 6.97. The number of carbonyl (C=O) groups excluding carboxylic acids is 2. The molecular formula is C19H19ClFNO4. The van der Waals surface area contributed by atoms with E-state index >= 15 is 0 Å². The molecule has 0 bridgehead atoms. The lowest BCUT2D eigenvalue weighted by Gasteiger charge is -2.17. The summed E-state index contributed by atoms with van der Waals surface area (Å²) >= 11 is 6.00. The molecule has 0 aromatic heterocycles. The molecule has 0 unspecified atom stereocenters. The van der Waals surface area contributed by atoms with Crippen molar-refractivity contribution in [2.45, 2.75) is 26.4 Å². The van der Waals surface area contributed by atoms with Crippen LogP contribution < -0.4 is 10.1 Å². The smallest absolute Gasteiger partial charge is 0.339 e. The zero-order valence-corrected chi connectivity index (χ0v) is 15.2. The van der Waals surface area contributed by atoms with Gasteiger partial charge in [0.05, 0.1) is 17.2 Å². The highest BCUT2D eigenvalue weighted by atomic mass is 35.5. The molecule has 1 amide bonds. The van der Waals surface area contributed by atoms with Gasteiger partial charge in [-0.2, -0.15) is 0 Å². The first kappa shape index (κ1) is 19.7. The number of nitrogens with one attached hydrogen (secondary N) is 1. The van der Waals surface area contributed by atoms with E-state index in [1.54, 1.807) is 19.9 Å². The maximum absolute atomic E-state index is 13.0. The molecule has 0 radical (unpaired) electrons. The molecule has 0 spiro atoms. The summed E-state index contributed by atoms with van der Waals surface area (Å²) in [6.45, 7) is 3.70. The van der Waals surface area contributed by atoms with E-state index in [9.17, 15) is 14.0 Å². The summed E-state index contributed by atoms with van der Waals surface area (Å²) in [4.78, 5) is 24.3. The van der Waals surface area contributed by atoms with Crippen LogP contribution in [0.4, 0.5) is 10.1 Å². The molecule has 7 heteroatoms. The van der Waals surface area contributed by atoms with Gasteiger partial charge in [0.15, 0.2) is 6.10 Å². The maximum atomic E-state index is 13.0. The fraction of sp³-hybridized carbons (Fsp3) is 0.263. The van der Waals surface area contributed by atoms with Gasteiger partial charge in [-0.3, -0.25) is 4.79 Å². The topological polar surface area (TPSA) is 64.6 Å². The average molecular weight is 380 g/mol. The van der Waals surface area contributed by atoms with E-state index in [4.69, 9.17) is 21.1 Å². The highest BCUT2D eigenvalue weighted by Crippen LogP contribution is 2.22. The first-order chi connectivity index (χ1) is 12.4. The number of esters is 1. The lowest BCUT2D eigenvalue weighted by molar-refractivity contribution is -0.122. The van der Waals surface area contributed by atoms with Gasteiger partial charge in [-0.1, -0.05) is 18.5 Å². The van der Waals surface area contributed by atoms with Gasteiger partial charge in [0.2, 0.25) is 0 Å². The molecule has 2 aromatic rings. The summed E-state index contributed by atoms with van der Waals surface area (Å²) in [7, 11) is 0. The number of anilines is 1. The first-order valence-corrected chi connectivity index (χ1v) is 8.52. The second-order valence-corrected chi connectivity index (χ2v) is 5.78. The molecule has 0 heterocycles. The Morgan fingerprint density at radius 3 is 2.46 bits per heavy atom. The Morgan fingerprint density at radius 1 is 1.15 bits per heavy atom. The third kappa shape index (κ3) is 5.20. The minimum absolute atomic E-state index is 0.166. The minimum Gasteiger partial charge on any atom is -0.481 e. The van der Waals surface area contributed by atoms with Crippen LogP contribution in [-0.4, -0.2) is 24.6 Å². The number of benzene rings is 2. The number of hydrogen-bond acceptors (Lipinski definition) is 4. The largest absolute Gasteiger partial charge is 0.481 e. The predicted octanol–water partition coefficient (Wildman–Crippen LogP) is 4.45.